The summed E-state index contributed by atoms with van der Waals surface area (Å²) in [5, 5.41) is 5.09. The maximum Gasteiger partial charge on any atom is 0.277 e. The number of amides is 1. The van der Waals surface area contributed by atoms with E-state index in [0.29, 0.717) is 18.7 Å². The van der Waals surface area contributed by atoms with E-state index >= 15 is 0 Å². The van der Waals surface area contributed by atoms with Crippen LogP contribution in [0.5, 0.6) is 0 Å². The Morgan fingerprint density at radius 2 is 1.60 bits per heavy atom. The van der Waals surface area contributed by atoms with Gasteiger partial charge in [0, 0.05) is 31.7 Å². The molecule has 0 aromatic heterocycles. The molecule has 1 aliphatic heterocycles. The predicted octanol–water partition coefficient (Wildman–Crippen LogP) is 0.265. The monoisotopic (exact) mass is 297 g/mol. The first-order chi connectivity index (χ1) is 9.30. The maximum atomic E-state index is 12.5. The van der Waals surface area contributed by atoms with E-state index in [1.807, 2.05) is 32.0 Å². The molecule has 1 fully saturated rings. The molecule has 1 amide bonds. The van der Waals surface area contributed by atoms with E-state index in [4.69, 9.17) is 5.14 Å². The van der Waals surface area contributed by atoms with Crippen LogP contribution in [0.15, 0.2) is 18.2 Å². The highest BCUT2D eigenvalue weighted by Crippen LogP contribution is 2.17. The first kappa shape index (κ1) is 15.0. The zero-order valence-corrected chi connectivity index (χ0v) is 12.5. The number of carbonyl (C=O) groups excluding carboxylic acids is 1. The fraction of sp³-hybridized carbons (Fsp3) is 0.462. The first-order valence-corrected chi connectivity index (χ1v) is 7.94. The molecule has 0 unspecified atom stereocenters. The van der Waals surface area contributed by atoms with Gasteiger partial charge in [0.2, 0.25) is 0 Å². The molecule has 0 atom stereocenters. The van der Waals surface area contributed by atoms with E-state index in [2.05, 4.69) is 0 Å². The Kier molecular flexibility index (Phi) is 4.12. The third-order valence-electron chi connectivity index (χ3n) is 3.58. The minimum Gasteiger partial charge on any atom is -0.336 e. The molecule has 1 aliphatic rings. The van der Waals surface area contributed by atoms with Crippen molar-refractivity contribution in [3.8, 4) is 0 Å². The molecule has 1 heterocycles. The maximum absolute atomic E-state index is 12.5. The van der Waals surface area contributed by atoms with Crippen molar-refractivity contribution in [2.45, 2.75) is 13.8 Å². The average Bonchev–Trinajstić information content (AvgIpc) is 2.37. The van der Waals surface area contributed by atoms with E-state index in [1.165, 1.54) is 4.31 Å². The summed E-state index contributed by atoms with van der Waals surface area (Å²) in [6.45, 7) is 5.03. The van der Waals surface area contributed by atoms with Crippen LogP contribution in [0.4, 0.5) is 0 Å². The Labute approximate surface area is 119 Å². The molecule has 0 saturated carbocycles. The van der Waals surface area contributed by atoms with Crippen molar-refractivity contribution in [1.82, 2.24) is 9.21 Å². The van der Waals surface area contributed by atoms with Gasteiger partial charge >= 0.3 is 0 Å². The average molecular weight is 297 g/mol. The van der Waals surface area contributed by atoms with E-state index in [0.717, 1.165) is 11.1 Å². The number of piperazine rings is 1. The van der Waals surface area contributed by atoms with Gasteiger partial charge in [-0.3, -0.25) is 4.79 Å². The van der Waals surface area contributed by atoms with Crippen molar-refractivity contribution in [1.29, 1.82) is 0 Å². The highest BCUT2D eigenvalue weighted by molar-refractivity contribution is 7.86. The molecular weight excluding hydrogens is 278 g/mol. The zero-order chi connectivity index (χ0) is 14.9. The molecule has 2 N–H and O–H groups in total. The number of aryl methyl sites for hydroxylation is 2. The van der Waals surface area contributed by atoms with E-state index in [1.54, 1.807) is 4.90 Å². The van der Waals surface area contributed by atoms with Crippen LogP contribution in [-0.4, -0.2) is 49.7 Å². The Bertz CT molecular complexity index is 599. The first-order valence-electron chi connectivity index (χ1n) is 6.44. The third-order valence-corrected chi connectivity index (χ3v) is 4.67. The predicted molar refractivity (Wildman–Crippen MR) is 76.5 cm³/mol. The number of nitrogens with zero attached hydrogens (tertiary/aromatic N) is 2. The molecular formula is C13H19N3O3S. The number of benzene rings is 1. The van der Waals surface area contributed by atoms with Crippen LogP contribution >= 0.6 is 0 Å². The van der Waals surface area contributed by atoms with Gasteiger partial charge in [-0.2, -0.15) is 12.7 Å². The van der Waals surface area contributed by atoms with Gasteiger partial charge in [0.1, 0.15) is 0 Å². The van der Waals surface area contributed by atoms with Gasteiger partial charge in [0.05, 0.1) is 0 Å². The summed E-state index contributed by atoms with van der Waals surface area (Å²) >= 11 is 0. The minimum absolute atomic E-state index is 0.0466. The van der Waals surface area contributed by atoms with Crippen LogP contribution in [0.3, 0.4) is 0 Å². The van der Waals surface area contributed by atoms with Crippen LogP contribution < -0.4 is 5.14 Å². The summed E-state index contributed by atoms with van der Waals surface area (Å²) < 4.78 is 23.7. The van der Waals surface area contributed by atoms with Gasteiger partial charge in [-0.25, -0.2) is 5.14 Å². The summed E-state index contributed by atoms with van der Waals surface area (Å²) in [4.78, 5) is 14.2. The normalized spacial score (nSPS) is 17.2. The number of hydrogen-bond acceptors (Lipinski definition) is 3. The van der Waals surface area contributed by atoms with Crippen LogP contribution in [0.2, 0.25) is 0 Å². The molecule has 2 rings (SSSR count). The molecule has 1 aromatic rings. The lowest BCUT2D eigenvalue weighted by atomic mass is 10.0. The smallest absolute Gasteiger partial charge is 0.277 e. The van der Waals surface area contributed by atoms with Gasteiger partial charge < -0.3 is 4.90 Å². The topological polar surface area (TPSA) is 83.7 Å². The van der Waals surface area contributed by atoms with E-state index in [9.17, 15) is 13.2 Å². The molecule has 7 heteroatoms. The minimum atomic E-state index is -3.66. The fourth-order valence-corrected chi connectivity index (χ4v) is 3.13. The number of nitrogens with two attached hydrogens (primary N) is 1. The number of rotatable bonds is 2. The summed E-state index contributed by atoms with van der Waals surface area (Å²) in [7, 11) is -3.66. The number of carbonyl (C=O) groups is 1. The van der Waals surface area contributed by atoms with Crippen molar-refractivity contribution in [3.63, 3.8) is 0 Å². The summed E-state index contributed by atoms with van der Waals surface area (Å²) in [5.41, 5.74) is 2.57. The molecule has 1 aromatic carbocycles. The SMILES string of the molecule is Cc1cccc(C)c1C(=O)N1CCN(S(N)(=O)=O)CC1. The molecule has 0 radical (unpaired) electrons. The van der Waals surface area contributed by atoms with Crippen molar-refractivity contribution in [2.24, 2.45) is 5.14 Å². The summed E-state index contributed by atoms with van der Waals surface area (Å²) in [6.07, 6.45) is 0. The van der Waals surface area contributed by atoms with Crippen LogP contribution in [0.1, 0.15) is 21.5 Å². The molecule has 1 saturated heterocycles. The second-order valence-corrected chi connectivity index (χ2v) is 6.55. The Hall–Kier alpha value is -1.44. The Morgan fingerprint density at radius 1 is 1.10 bits per heavy atom. The van der Waals surface area contributed by atoms with Crippen LogP contribution in [0, 0.1) is 13.8 Å². The molecule has 0 bridgehead atoms. The third kappa shape index (κ3) is 3.00. The zero-order valence-electron chi connectivity index (χ0n) is 11.7. The van der Waals surface area contributed by atoms with E-state index < -0.39 is 10.2 Å². The second kappa shape index (κ2) is 5.51. The Balaban J connectivity index is 2.13. The molecule has 20 heavy (non-hydrogen) atoms. The Morgan fingerprint density at radius 3 is 2.05 bits per heavy atom. The lowest BCUT2D eigenvalue weighted by molar-refractivity contribution is 0.0696. The van der Waals surface area contributed by atoms with Crippen molar-refractivity contribution >= 4 is 16.1 Å². The van der Waals surface area contributed by atoms with Gasteiger partial charge in [0.15, 0.2) is 0 Å². The van der Waals surface area contributed by atoms with Gasteiger partial charge in [-0.05, 0) is 25.0 Å². The highest BCUT2D eigenvalue weighted by Gasteiger charge is 2.28. The second-order valence-electron chi connectivity index (χ2n) is 5.00. The standard InChI is InChI=1S/C13H19N3O3S/c1-10-4-3-5-11(2)12(10)13(17)15-6-8-16(9-7-15)20(14,18)19/h3-5H,6-9H2,1-2H3,(H2,14,18,19). The molecule has 110 valence electrons. The molecule has 0 aliphatic carbocycles. The van der Waals surface area contributed by atoms with Crippen molar-refractivity contribution in [3.05, 3.63) is 34.9 Å². The summed E-state index contributed by atoms with van der Waals surface area (Å²) in [6, 6.07) is 5.72. The highest BCUT2D eigenvalue weighted by atomic mass is 32.2. The van der Waals surface area contributed by atoms with Crippen LogP contribution in [0.25, 0.3) is 0 Å². The lowest BCUT2D eigenvalue weighted by Crippen LogP contribution is -2.52. The number of hydrogen-bond donors (Lipinski definition) is 1. The molecule has 0 spiro atoms. The van der Waals surface area contributed by atoms with Gasteiger partial charge in [-0.15, -0.1) is 0 Å². The van der Waals surface area contributed by atoms with Crippen molar-refractivity contribution < 1.29 is 13.2 Å². The van der Waals surface area contributed by atoms with Crippen molar-refractivity contribution in [2.75, 3.05) is 26.2 Å². The molecule has 6 nitrogen and oxygen atoms in total. The van der Waals surface area contributed by atoms with Gasteiger partial charge in [0.25, 0.3) is 16.1 Å². The van der Waals surface area contributed by atoms with E-state index in [-0.39, 0.29) is 19.0 Å². The quantitative estimate of drug-likeness (QED) is 0.850. The van der Waals surface area contributed by atoms with Gasteiger partial charge in [-0.1, -0.05) is 18.2 Å². The fourth-order valence-electron chi connectivity index (χ4n) is 2.46. The van der Waals surface area contributed by atoms with Crippen LogP contribution in [-0.2, 0) is 10.2 Å². The summed E-state index contributed by atoms with van der Waals surface area (Å²) in [5.74, 6) is -0.0466. The largest absolute Gasteiger partial charge is 0.336 e. The lowest BCUT2D eigenvalue weighted by Gasteiger charge is -2.33.